The second kappa shape index (κ2) is 15.9. The summed E-state index contributed by atoms with van der Waals surface area (Å²) in [6.07, 6.45) is 7.05. The van der Waals surface area contributed by atoms with Crippen molar-refractivity contribution in [2.24, 2.45) is 5.41 Å². The molecule has 0 radical (unpaired) electrons. The Morgan fingerprint density at radius 2 is 1.00 bits per heavy atom. The Balaban J connectivity index is 1.37. The Morgan fingerprint density at radius 3 is 1.62 bits per heavy atom. The highest BCUT2D eigenvalue weighted by molar-refractivity contribution is 7.00. The van der Waals surface area contributed by atoms with Crippen LogP contribution >= 0.6 is 0 Å². The monoisotopic (exact) mass is 848 g/mol. The highest BCUT2D eigenvalue weighted by atomic mass is 15.2. The molecule has 0 aromatic heterocycles. The highest BCUT2D eigenvalue weighted by Gasteiger charge is 2.45. The summed E-state index contributed by atoms with van der Waals surface area (Å²) in [5, 5.41) is 0. The normalized spacial score (nSPS) is 14.4. The van der Waals surface area contributed by atoms with E-state index in [1.165, 1.54) is 106 Å². The molecule has 0 amide bonds. The van der Waals surface area contributed by atoms with Crippen LogP contribution in [-0.4, -0.2) is 6.71 Å². The van der Waals surface area contributed by atoms with Gasteiger partial charge in [0.05, 0.1) is 11.4 Å². The Hall–Kier alpha value is -6.52. The largest absolute Gasteiger partial charge is 0.311 e. The van der Waals surface area contributed by atoms with Gasteiger partial charge in [-0.2, -0.15) is 0 Å². The van der Waals surface area contributed by atoms with Crippen LogP contribution in [0.3, 0.4) is 0 Å². The van der Waals surface area contributed by atoms with Gasteiger partial charge < -0.3 is 14.7 Å². The van der Waals surface area contributed by atoms with E-state index in [2.05, 4.69) is 243 Å². The lowest BCUT2D eigenvalue weighted by atomic mass is 9.33. The zero-order chi connectivity index (χ0) is 45.5. The summed E-state index contributed by atoms with van der Waals surface area (Å²) in [6.45, 7) is 25.2. The number of anilines is 8. The van der Waals surface area contributed by atoms with Crippen LogP contribution in [0.4, 0.5) is 45.5 Å². The first-order chi connectivity index (χ1) is 31.1. The van der Waals surface area contributed by atoms with E-state index in [4.69, 9.17) is 0 Å². The molecule has 7 aromatic carbocycles. The number of allylic oxidation sites excluding steroid dienone is 3. The van der Waals surface area contributed by atoms with Gasteiger partial charge in [0, 0.05) is 45.4 Å². The van der Waals surface area contributed by atoms with Gasteiger partial charge in [-0.05, 0) is 146 Å². The Kier molecular flexibility index (Phi) is 10.4. The van der Waals surface area contributed by atoms with Crippen molar-refractivity contribution in [3.05, 3.63) is 196 Å². The number of rotatable bonds is 6. The number of hydrogen-bond donors (Lipinski definition) is 0. The van der Waals surface area contributed by atoms with Gasteiger partial charge in [-0.3, -0.25) is 0 Å². The topological polar surface area (TPSA) is 9.72 Å². The molecule has 0 saturated carbocycles. The van der Waals surface area contributed by atoms with Gasteiger partial charge in [-0.15, -0.1) is 0 Å². The average molecular weight is 848 g/mol. The molecule has 7 aromatic rings. The molecule has 1 aliphatic carbocycles. The van der Waals surface area contributed by atoms with Crippen LogP contribution in [0.1, 0.15) is 87.8 Å². The molecule has 0 N–H and O–H groups in total. The van der Waals surface area contributed by atoms with Gasteiger partial charge >= 0.3 is 0 Å². The third-order valence-corrected chi connectivity index (χ3v) is 13.8. The predicted molar refractivity (Wildman–Crippen MR) is 282 cm³/mol. The van der Waals surface area contributed by atoms with Crippen LogP contribution in [0, 0.1) is 40.0 Å². The number of aryl methyl sites for hydroxylation is 5. The van der Waals surface area contributed by atoms with Crippen LogP contribution in [-0.2, 0) is 5.41 Å². The van der Waals surface area contributed by atoms with Crippen molar-refractivity contribution in [1.82, 2.24) is 0 Å². The molecule has 0 saturated heterocycles. The van der Waals surface area contributed by atoms with Gasteiger partial charge in [-0.1, -0.05) is 166 Å². The summed E-state index contributed by atoms with van der Waals surface area (Å²) in [5.74, 6) is 0. The lowest BCUT2D eigenvalue weighted by Gasteiger charge is -2.46. The maximum absolute atomic E-state index is 2.62. The number of para-hydroxylation sites is 1. The second-order valence-corrected chi connectivity index (χ2v) is 21.0. The lowest BCUT2D eigenvalue weighted by Crippen LogP contribution is -2.61. The van der Waals surface area contributed by atoms with Crippen molar-refractivity contribution in [2.75, 3.05) is 14.7 Å². The van der Waals surface area contributed by atoms with Crippen molar-refractivity contribution >= 4 is 68.6 Å². The molecule has 2 aliphatic heterocycles. The van der Waals surface area contributed by atoms with E-state index in [-0.39, 0.29) is 17.5 Å². The molecular formula is C61H62BN3. The molecule has 0 atom stereocenters. The van der Waals surface area contributed by atoms with Crippen LogP contribution < -0.4 is 31.1 Å². The summed E-state index contributed by atoms with van der Waals surface area (Å²) in [7, 11) is 0. The zero-order valence-corrected chi connectivity index (χ0v) is 40.3. The first-order valence-electron chi connectivity index (χ1n) is 23.6. The maximum atomic E-state index is 2.62. The molecule has 0 bridgehead atoms. The maximum Gasteiger partial charge on any atom is 0.252 e. The summed E-state index contributed by atoms with van der Waals surface area (Å²) < 4.78 is 0. The van der Waals surface area contributed by atoms with Crippen molar-refractivity contribution in [3.8, 4) is 11.1 Å². The van der Waals surface area contributed by atoms with Gasteiger partial charge in [0.25, 0.3) is 6.71 Å². The fourth-order valence-corrected chi connectivity index (χ4v) is 10.7. The van der Waals surface area contributed by atoms with E-state index in [1.807, 2.05) is 0 Å². The van der Waals surface area contributed by atoms with E-state index in [0.29, 0.717) is 0 Å². The Labute approximate surface area is 388 Å². The Bertz CT molecular complexity index is 3060. The third kappa shape index (κ3) is 7.42. The van der Waals surface area contributed by atoms with Crippen molar-refractivity contribution in [2.45, 2.75) is 94.4 Å². The predicted octanol–water partition coefficient (Wildman–Crippen LogP) is 15.1. The van der Waals surface area contributed by atoms with Crippen LogP contribution in [0.15, 0.2) is 163 Å². The van der Waals surface area contributed by atoms with E-state index in [0.717, 1.165) is 24.2 Å². The fraction of sp³-hybridized carbons (Fsp3) is 0.246. The minimum absolute atomic E-state index is 0.0133. The van der Waals surface area contributed by atoms with Crippen molar-refractivity contribution in [3.63, 3.8) is 0 Å². The van der Waals surface area contributed by atoms with Crippen molar-refractivity contribution in [1.29, 1.82) is 0 Å². The average Bonchev–Trinajstić information content (AvgIpc) is 3.27. The van der Waals surface area contributed by atoms with Crippen molar-refractivity contribution < 1.29 is 0 Å². The number of nitrogens with zero attached hydrogens (tertiary/aromatic N) is 3. The van der Waals surface area contributed by atoms with E-state index in [9.17, 15) is 0 Å². The highest BCUT2D eigenvalue weighted by Crippen LogP contribution is 2.51. The Morgan fingerprint density at radius 1 is 0.477 bits per heavy atom. The van der Waals surface area contributed by atoms with Gasteiger partial charge in [-0.25, -0.2) is 0 Å². The summed E-state index contributed by atoms with van der Waals surface area (Å²) >= 11 is 0. The number of benzene rings is 7. The number of hydrogen-bond acceptors (Lipinski definition) is 3. The molecule has 4 heteroatoms. The molecule has 324 valence electrons. The van der Waals surface area contributed by atoms with Crippen LogP contribution in [0.25, 0.3) is 11.1 Å². The first kappa shape index (κ1) is 42.4. The summed E-state index contributed by atoms with van der Waals surface area (Å²) in [6, 6.07) is 53.7. The minimum atomic E-state index is -0.109. The van der Waals surface area contributed by atoms with E-state index < -0.39 is 0 Å². The molecule has 10 rings (SSSR count). The lowest BCUT2D eigenvalue weighted by molar-refractivity contribution is 0.502. The third-order valence-electron chi connectivity index (χ3n) is 13.8. The fourth-order valence-electron chi connectivity index (χ4n) is 10.7. The molecule has 3 aliphatic rings. The quantitative estimate of drug-likeness (QED) is 0.154. The molecule has 3 nitrogen and oxygen atoms in total. The molecule has 2 heterocycles. The minimum Gasteiger partial charge on any atom is -0.311 e. The first-order valence-corrected chi connectivity index (χ1v) is 23.6. The number of fused-ring (bicyclic) bond motifs is 4. The zero-order valence-electron chi connectivity index (χ0n) is 40.3. The van der Waals surface area contributed by atoms with E-state index >= 15 is 0 Å². The smallest absolute Gasteiger partial charge is 0.252 e. The summed E-state index contributed by atoms with van der Waals surface area (Å²) in [4.78, 5) is 7.80. The van der Waals surface area contributed by atoms with Gasteiger partial charge in [0.2, 0.25) is 0 Å². The molecular weight excluding hydrogens is 786 g/mol. The SMILES string of the molecule is Cc1ccc(-c2cc(C)ccc2N2c3ccc(C)cc3B3c4cc(C)ccc4N(c4ccc(C)cc4)c4cc(N(C5=CCCC=C5C(C)(C)C)c5ccccc5C(C)(C)C)cc2c43)cc1. The second-order valence-electron chi connectivity index (χ2n) is 21.0. The van der Waals surface area contributed by atoms with Crippen LogP contribution in [0.5, 0.6) is 0 Å². The molecule has 0 unspecified atom stereocenters. The molecule has 0 fully saturated rings. The van der Waals surface area contributed by atoms with E-state index in [1.54, 1.807) is 0 Å². The van der Waals surface area contributed by atoms with Gasteiger partial charge in [0.15, 0.2) is 0 Å². The molecule has 0 spiro atoms. The summed E-state index contributed by atoms with van der Waals surface area (Å²) in [5.41, 5.74) is 26.0. The van der Waals surface area contributed by atoms with Gasteiger partial charge in [0.1, 0.15) is 0 Å². The van der Waals surface area contributed by atoms with Crippen LogP contribution in [0.2, 0.25) is 0 Å². The molecule has 65 heavy (non-hydrogen) atoms. The standard InChI is InChI=1S/C61H62BN3/c1-39-20-27-44(28-21-39)47-34-41(3)24-31-52(47)65-56-33-26-43(5)36-51(56)62-50-35-42(4)25-32-55(50)63(45-29-22-40(2)23-30-45)57-37-46(38-58(65)59(57)62)64(53-18-14-12-16-48(53)60(6,7)8)54-19-15-13-17-49(54)61(9,10)11/h12,14,16-38H,13,15H2,1-11H3.